The minimum absolute atomic E-state index is 0. The number of amides is 1. The Morgan fingerprint density at radius 1 is 1.26 bits per heavy atom. The number of carbonyl (C=O) groups excluding carboxylic acids is 1. The number of carbonyl (C=O) groups is 1. The smallest absolute Gasteiger partial charge is 0.237 e. The zero-order valence-corrected chi connectivity index (χ0v) is 12.8. The highest BCUT2D eigenvalue weighted by atomic mass is 35.5. The van der Waals surface area contributed by atoms with Gasteiger partial charge in [0.05, 0.1) is 6.04 Å². The minimum atomic E-state index is -0.465. The van der Waals surface area contributed by atoms with E-state index in [9.17, 15) is 4.79 Å². The molecule has 1 atom stereocenters. The van der Waals surface area contributed by atoms with Crippen LogP contribution in [0, 0.1) is 5.41 Å². The van der Waals surface area contributed by atoms with Gasteiger partial charge in [-0.05, 0) is 23.8 Å². The van der Waals surface area contributed by atoms with Crippen molar-refractivity contribution in [3.63, 3.8) is 0 Å². The first-order valence-electron chi connectivity index (χ1n) is 6.46. The summed E-state index contributed by atoms with van der Waals surface area (Å²) in [6.45, 7) is 7.15. The van der Waals surface area contributed by atoms with Crippen molar-refractivity contribution in [1.82, 2.24) is 5.32 Å². The maximum atomic E-state index is 11.8. The maximum Gasteiger partial charge on any atom is 0.237 e. The third-order valence-electron chi connectivity index (χ3n) is 2.81. The molecule has 4 heteroatoms. The Kier molecular flexibility index (Phi) is 7.72. The van der Waals surface area contributed by atoms with Crippen LogP contribution in [-0.4, -0.2) is 18.5 Å². The highest BCUT2D eigenvalue weighted by Gasteiger charge is 2.15. The maximum absolute atomic E-state index is 11.8. The van der Waals surface area contributed by atoms with E-state index in [0.717, 1.165) is 12.0 Å². The van der Waals surface area contributed by atoms with Crippen LogP contribution in [0.5, 0.6) is 0 Å². The summed E-state index contributed by atoms with van der Waals surface area (Å²) in [6.07, 6.45) is 1.54. The van der Waals surface area contributed by atoms with Gasteiger partial charge in [0.25, 0.3) is 0 Å². The second-order valence-corrected chi connectivity index (χ2v) is 5.90. The Hall–Kier alpha value is -1.06. The molecule has 0 aliphatic heterocycles. The van der Waals surface area contributed by atoms with Gasteiger partial charge >= 0.3 is 0 Å². The fourth-order valence-corrected chi connectivity index (χ4v) is 1.65. The van der Waals surface area contributed by atoms with Crippen molar-refractivity contribution in [3.8, 4) is 0 Å². The molecule has 0 aliphatic rings. The molecule has 1 unspecified atom stereocenters. The zero-order chi connectivity index (χ0) is 13.6. The van der Waals surface area contributed by atoms with E-state index >= 15 is 0 Å². The highest BCUT2D eigenvalue weighted by molar-refractivity contribution is 5.85. The third-order valence-corrected chi connectivity index (χ3v) is 2.81. The average molecular weight is 285 g/mol. The Bertz CT molecular complexity index is 373. The quantitative estimate of drug-likeness (QED) is 0.873. The fraction of sp³-hybridized carbons (Fsp3) is 0.533. The highest BCUT2D eigenvalue weighted by Crippen LogP contribution is 2.16. The Morgan fingerprint density at radius 3 is 2.37 bits per heavy atom. The van der Waals surface area contributed by atoms with E-state index in [4.69, 9.17) is 5.73 Å². The molecule has 1 aromatic rings. The van der Waals surface area contributed by atoms with Crippen LogP contribution in [0.4, 0.5) is 0 Å². The van der Waals surface area contributed by atoms with Crippen molar-refractivity contribution >= 4 is 18.3 Å². The van der Waals surface area contributed by atoms with Gasteiger partial charge in [-0.1, -0.05) is 51.1 Å². The summed E-state index contributed by atoms with van der Waals surface area (Å²) < 4.78 is 0. The van der Waals surface area contributed by atoms with Crippen LogP contribution in [0.3, 0.4) is 0 Å². The number of nitrogens with one attached hydrogen (secondary N) is 1. The van der Waals surface area contributed by atoms with E-state index in [0.29, 0.717) is 13.0 Å². The molecule has 108 valence electrons. The monoisotopic (exact) mass is 284 g/mol. The summed E-state index contributed by atoms with van der Waals surface area (Å²) in [4.78, 5) is 11.8. The lowest BCUT2D eigenvalue weighted by Crippen LogP contribution is -2.42. The topological polar surface area (TPSA) is 55.1 Å². The van der Waals surface area contributed by atoms with Crippen LogP contribution in [0.25, 0.3) is 0 Å². The molecular formula is C15H25ClN2O. The Balaban J connectivity index is 0.00000324. The van der Waals surface area contributed by atoms with Gasteiger partial charge in [0.15, 0.2) is 0 Å². The molecule has 0 fully saturated rings. The summed E-state index contributed by atoms with van der Waals surface area (Å²) in [6, 6.07) is 9.38. The van der Waals surface area contributed by atoms with Gasteiger partial charge in [0.2, 0.25) is 5.91 Å². The van der Waals surface area contributed by atoms with Crippen LogP contribution >= 0.6 is 12.4 Å². The zero-order valence-electron chi connectivity index (χ0n) is 12.0. The summed E-state index contributed by atoms with van der Waals surface area (Å²) in [5, 5.41) is 2.90. The van der Waals surface area contributed by atoms with Crippen molar-refractivity contribution < 1.29 is 4.79 Å². The van der Waals surface area contributed by atoms with Crippen LogP contribution < -0.4 is 11.1 Å². The molecule has 0 heterocycles. The minimum Gasteiger partial charge on any atom is -0.355 e. The fourth-order valence-electron chi connectivity index (χ4n) is 1.65. The molecule has 0 aromatic heterocycles. The summed E-state index contributed by atoms with van der Waals surface area (Å²) >= 11 is 0. The molecule has 1 aromatic carbocycles. The normalized spacial score (nSPS) is 12.4. The first-order chi connectivity index (χ1) is 8.38. The SMILES string of the molecule is CC(C)(C)CCNC(=O)C(N)Cc1ccccc1.Cl. The van der Waals surface area contributed by atoms with Crippen LogP contribution in [-0.2, 0) is 11.2 Å². The predicted octanol–water partition coefficient (Wildman–Crippen LogP) is 2.53. The van der Waals surface area contributed by atoms with E-state index in [1.807, 2.05) is 30.3 Å². The molecule has 3 nitrogen and oxygen atoms in total. The number of nitrogens with two attached hydrogens (primary N) is 1. The molecule has 0 bridgehead atoms. The van der Waals surface area contributed by atoms with Crippen LogP contribution in [0.1, 0.15) is 32.8 Å². The van der Waals surface area contributed by atoms with E-state index in [-0.39, 0.29) is 23.7 Å². The second-order valence-electron chi connectivity index (χ2n) is 5.90. The third kappa shape index (κ3) is 7.85. The van der Waals surface area contributed by atoms with Crippen molar-refractivity contribution in [1.29, 1.82) is 0 Å². The molecule has 0 spiro atoms. The largest absolute Gasteiger partial charge is 0.355 e. The van der Waals surface area contributed by atoms with E-state index in [1.54, 1.807) is 0 Å². The molecule has 1 amide bonds. The molecular weight excluding hydrogens is 260 g/mol. The van der Waals surface area contributed by atoms with Gasteiger partial charge < -0.3 is 11.1 Å². The van der Waals surface area contributed by atoms with Gasteiger partial charge in [-0.25, -0.2) is 0 Å². The number of hydrogen-bond donors (Lipinski definition) is 2. The standard InChI is InChI=1S/C15H24N2O.ClH/c1-15(2,3)9-10-17-14(18)13(16)11-12-7-5-4-6-8-12;/h4-8,13H,9-11,16H2,1-3H3,(H,17,18);1H. The molecule has 19 heavy (non-hydrogen) atoms. The van der Waals surface area contributed by atoms with E-state index < -0.39 is 6.04 Å². The van der Waals surface area contributed by atoms with Gasteiger partial charge in [-0.15, -0.1) is 12.4 Å². The molecule has 0 saturated carbocycles. The van der Waals surface area contributed by atoms with Crippen molar-refractivity contribution in [3.05, 3.63) is 35.9 Å². The molecule has 0 saturated heterocycles. The first kappa shape index (κ1) is 17.9. The van der Waals surface area contributed by atoms with Crippen LogP contribution in [0.15, 0.2) is 30.3 Å². The first-order valence-corrected chi connectivity index (χ1v) is 6.46. The number of halogens is 1. The molecule has 0 radical (unpaired) electrons. The van der Waals surface area contributed by atoms with E-state index in [2.05, 4.69) is 26.1 Å². The molecule has 3 N–H and O–H groups in total. The van der Waals surface area contributed by atoms with Crippen molar-refractivity contribution in [2.45, 2.75) is 39.7 Å². The van der Waals surface area contributed by atoms with Crippen molar-refractivity contribution in [2.75, 3.05) is 6.54 Å². The lowest BCUT2D eigenvalue weighted by molar-refractivity contribution is -0.122. The summed E-state index contributed by atoms with van der Waals surface area (Å²) in [5.74, 6) is -0.0666. The molecule has 0 aliphatic carbocycles. The lowest BCUT2D eigenvalue weighted by Gasteiger charge is -2.19. The summed E-state index contributed by atoms with van der Waals surface area (Å²) in [5.41, 5.74) is 7.21. The van der Waals surface area contributed by atoms with Crippen molar-refractivity contribution in [2.24, 2.45) is 11.1 Å². The number of hydrogen-bond acceptors (Lipinski definition) is 2. The predicted molar refractivity (Wildman–Crippen MR) is 82.5 cm³/mol. The number of rotatable bonds is 5. The van der Waals surface area contributed by atoms with Gasteiger partial charge in [0, 0.05) is 6.54 Å². The molecule has 1 rings (SSSR count). The average Bonchev–Trinajstić information content (AvgIpc) is 2.28. The second kappa shape index (κ2) is 8.18. The Labute approximate surface area is 122 Å². The Morgan fingerprint density at radius 2 is 1.84 bits per heavy atom. The van der Waals surface area contributed by atoms with Crippen LogP contribution in [0.2, 0.25) is 0 Å². The van der Waals surface area contributed by atoms with Gasteiger partial charge in [0.1, 0.15) is 0 Å². The van der Waals surface area contributed by atoms with Gasteiger partial charge in [-0.2, -0.15) is 0 Å². The number of benzene rings is 1. The summed E-state index contributed by atoms with van der Waals surface area (Å²) in [7, 11) is 0. The lowest BCUT2D eigenvalue weighted by atomic mass is 9.92. The van der Waals surface area contributed by atoms with E-state index in [1.165, 1.54) is 0 Å². The van der Waals surface area contributed by atoms with Gasteiger partial charge in [-0.3, -0.25) is 4.79 Å².